The SMILES string of the molecule is CC(C)n1ncc2c(C(=O)N(C3CCCCC3)C3CC3)cc(-c3ccccc3)nc21. The quantitative estimate of drug-likeness (QED) is 0.557. The van der Waals surface area contributed by atoms with Gasteiger partial charge in [-0.05, 0) is 45.6 Å². The number of fused-ring (bicyclic) bond motifs is 1. The maximum Gasteiger partial charge on any atom is 0.255 e. The maximum atomic E-state index is 14.0. The molecule has 0 aliphatic heterocycles. The number of nitrogens with zero attached hydrogens (tertiary/aromatic N) is 4. The lowest BCUT2D eigenvalue weighted by Crippen LogP contribution is -2.43. The Bertz CT molecular complexity index is 1050. The van der Waals surface area contributed by atoms with Gasteiger partial charge < -0.3 is 4.90 Å². The summed E-state index contributed by atoms with van der Waals surface area (Å²) in [5.74, 6) is 0.164. The molecule has 30 heavy (non-hydrogen) atoms. The molecule has 1 amide bonds. The van der Waals surface area contributed by atoms with Crippen LogP contribution in [0.1, 0.15) is 75.2 Å². The smallest absolute Gasteiger partial charge is 0.255 e. The van der Waals surface area contributed by atoms with Crippen molar-refractivity contribution in [3.05, 3.63) is 48.2 Å². The average molecular weight is 403 g/mol. The van der Waals surface area contributed by atoms with Crippen molar-refractivity contribution in [2.75, 3.05) is 0 Å². The molecule has 5 heteroatoms. The van der Waals surface area contributed by atoms with Crippen molar-refractivity contribution in [2.45, 2.75) is 76.9 Å². The molecule has 2 aliphatic carbocycles. The van der Waals surface area contributed by atoms with E-state index in [-0.39, 0.29) is 11.9 Å². The maximum absolute atomic E-state index is 14.0. The first-order valence-electron chi connectivity index (χ1n) is 11.4. The number of aromatic nitrogens is 3. The van der Waals surface area contributed by atoms with E-state index >= 15 is 0 Å². The molecule has 0 radical (unpaired) electrons. The van der Waals surface area contributed by atoms with Gasteiger partial charge >= 0.3 is 0 Å². The lowest BCUT2D eigenvalue weighted by Gasteiger charge is -2.35. The highest BCUT2D eigenvalue weighted by Crippen LogP contribution is 2.36. The third-order valence-corrected chi connectivity index (χ3v) is 6.50. The molecule has 2 aromatic heterocycles. The second-order valence-electron chi connectivity index (χ2n) is 9.08. The van der Waals surface area contributed by atoms with Gasteiger partial charge in [0.1, 0.15) is 0 Å². The number of hydrogen-bond donors (Lipinski definition) is 0. The lowest BCUT2D eigenvalue weighted by atomic mass is 9.93. The van der Waals surface area contributed by atoms with Crippen molar-refractivity contribution in [2.24, 2.45) is 0 Å². The normalized spacial score (nSPS) is 17.6. The Balaban J connectivity index is 1.64. The largest absolute Gasteiger partial charge is 0.333 e. The van der Waals surface area contributed by atoms with Crippen molar-refractivity contribution in [1.29, 1.82) is 0 Å². The van der Waals surface area contributed by atoms with Crippen molar-refractivity contribution in [1.82, 2.24) is 19.7 Å². The summed E-state index contributed by atoms with van der Waals surface area (Å²) < 4.78 is 1.93. The number of carbonyl (C=O) groups excluding carboxylic acids is 1. The molecule has 2 fully saturated rings. The number of hydrogen-bond acceptors (Lipinski definition) is 3. The molecule has 5 rings (SSSR count). The third-order valence-electron chi connectivity index (χ3n) is 6.50. The number of pyridine rings is 1. The van der Waals surface area contributed by atoms with Gasteiger partial charge in [-0.3, -0.25) is 4.79 Å². The average Bonchev–Trinajstić information content (AvgIpc) is 3.51. The van der Waals surface area contributed by atoms with Gasteiger partial charge in [0.25, 0.3) is 5.91 Å². The van der Waals surface area contributed by atoms with Crippen molar-refractivity contribution >= 4 is 16.9 Å². The van der Waals surface area contributed by atoms with Crippen LogP contribution < -0.4 is 0 Å². The molecule has 0 spiro atoms. The lowest BCUT2D eigenvalue weighted by molar-refractivity contribution is 0.0616. The van der Waals surface area contributed by atoms with Crippen LogP contribution in [0.15, 0.2) is 42.6 Å². The Morgan fingerprint density at radius 1 is 1.03 bits per heavy atom. The van der Waals surface area contributed by atoms with Crippen LogP contribution in [0.2, 0.25) is 0 Å². The Kier molecular flexibility index (Phi) is 5.05. The van der Waals surface area contributed by atoms with E-state index in [9.17, 15) is 4.79 Å². The zero-order valence-electron chi connectivity index (χ0n) is 17.9. The molecule has 1 aromatic carbocycles. The zero-order valence-corrected chi connectivity index (χ0v) is 17.9. The molecule has 0 saturated heterocycles. The minimum Gasteiger partial charge on any atom is -0.333 e. The predicted octanol–water partition coefficient (Wildman–Crippen LogP) is 5.62. The molecule has 2 aliphatic rings. The molecular formula is C25H30N4O. The van der Waals surface area contributed by atoms with Crippen LogP contribution in [0.5, 0.6) is 0 Å². The van der Waals surface area contributed by atoms with Crippen LogP contribution in [0, 0.1) is 0 Å². The van der Waals surface area contributed by atoms with Crippen molar-refractivity contribution in [3.8, 4) is 11.3 Å². The van der Waals surface area contributed by atoms with Gasteiger partial charge in [-0.2, -0.15) is 5.10 Å². The van der Waals surface area contributed by atoms with Crippen LogP contribution >= 0.6 is 0 Å². The van der Waals surface area contributed by atoms with Crippen LogP contribution in [0.25, 0.3) is 22.3 Å². The first kappa shape index (κ1) is 19.3. The molecule has 156 valence electrons. The fourth-order valence-electron chi connectivity index (χ4n) is 4.81. The van der Waals surface area contributed by atoms with E-state index in [0.717, 1.165) is 53.5 Å². The second kappa shape index (κ2) is 7.86. The predicted molar refractivity (Wildman–Crippen MR) is 119 cm³/mol. The summed E-state index contributed by atoms with van der Waals surface area (Å²) in [6.45, 7) is 4.20. The molecule has 0 N–H and O–H groups in total. The second-order valence-corrected chi connectivity index (χ2v) is 9.08. The van der Waals surface area contributed by atoms with Gasteiger partial charge in [-0.1, -0.05) is 49.6 Å². The topological polar surface area (TPSA) is 51.0 Å². The standard InChI is InChI=1S/C25H30N4O/c1-17(2)29-24-22(16-26-29)21(15-23(27-24)18-9-5-3-6-10-18)25(30)28(20-13-14-20)19-11-7-4-8-12-19/h3,5-6,9-10,15-17,19-20H,4,7-8,11-14H2,1-2H3. The van der Waals surface area contributed by atoms with E-state index in [4.69, 9.17) is 4.98 Å². The number of rotatable bonds is 5. The fourth-order valence-corrected chi connectivity index (χ4v) is 4.81. The zero-order chi connectivity index (χ0) is 20.7. The summed E-state index contributed by atoms with van der Waals surface area (Å²) in [5, 5.41) is 5.46. The van der Waals surface area contributed by atoms with Gasteiger partial charge in [0.05, 0.1) is 22.8 Å². The number of carbonyl (C=O) groups is 1. The van der Waals surface area contributed by atoms with E-state index < -0.39 is 0 Å². The monoisotopic (exact) mass is 402 g/mol. The van der Waals surface area contributed by atoms with Crippen molar-refractivity contribution < 1.29 is 4.79 Å². The Morgan fingerprint density at radius 2 is 1.73 bits per heavy atom. The molecule has 3 aromatic rings. The van der Waals surface area contributed by atoms with Gasteiger partial charge in [-0.25, -0.2) is 9.67 Å². The van der Waals surface area contributed by atoms with Gasteiger partial charge in [0.15, 0.2) is 5.65 Å². The highest BCUT2D eigenvalue weighted by atomic mass is 16.2. The molecule has 0 bridgehead atoms. The summed E-state index contributed by atoms with van der Waals surface area (Å²) in [6.07, 6.45) is 10.1. The number of amides is 1. The summed E-state index contributed by atoms with van der Waals surface area (Å²) in [4.78, 5) is 21.1. The highest BCUT2D eigenvalue weighted by molar-refractivity contribution is 6.06. The molecule has 0 atom stereocenters. The minimum absolute atomic E-state index is 0.164. The van der Waals surface area contributed by atoms with Gasteiger partial charge in [0.2, 0.25) is 0 Å². The van der Waals surface area contributed by atoms with Crippen LogP contribution in [0.4, 0.5) is 0 Å². The van der Waals surface area contributed by atoms with Crippen LogP contribution in [0.3, 0.4) is 0 Å². The van der Waals surface area contributed by atoms with Crippen molar-refractivity contribution in [3.63, 3.8) is 0 Å². The van der Waals surface area contributed by atoms with Crippen LogP contribution in [-0.4, -0.2) is 37.7 Å². The Hall–Kier alpha value is -2.69. The molecule has 2 saturated carbocycles. The molecular weight excluding hydrogens is 372 g/mol. The molecule has 0 unspecified atom stereocenters. The Morgan fingerprint density at radius 3 is 2.40 bits per heavy atom. The molecule has 5 nitrogen and oxygen atoms in total. The van der Waals surface area contributed by atoms with E-state index in [1.54, 1.807) is 0 Å². The number of benzene rings is 1. The minimum atomic E-state index is 0.164. The van der Waals surface area contributed by atoms with Crippen LogP contribution in [-0.2, 0) is 0 Å². The summed E-state index contributed by atoms with van der Waals surface area (Å²) in [6, 6.07) is 13.1. The molecule has 2 heterocycles. The first-order chi connectivity index (χ1) is 14.6. The van der Waals surface area contributed by atoms with E-state index in [2.05, 4.69) is 36.0 Å². The fraction of sp³-hybridized carbons (Fsp3) is 0.480. The van der Waals surface area contributed by atoms with E-state index in [1.807, 2.05) is 35.1 Å². The third kappa shape index (κ3) is 3.51. The first-order valence-corrected chi connectivity index (χ1v) is 11.4. The van der Waals surface area contributed by atoms with Gasteiger partial charge in [0, 0.05) is 23.7 Å². The summed E-state index contributed by atoms with van der Waals surface area (Å²) in [7, 11) is 0. The highest BCUT2D eigenvalue weighted by Gasteiger charge is 2.39. The summed E-state index contributed by atoms with van der Waals surface area (Å²) >= 11 is 0. The van der Waals surface area contributed by atoms with Gasteiger partial charge in [-0.15, -0.1) is 0 Å². The van der Waals surface area contributed by atoms with E-state index in [0.29, 0.717) is 12.1 Å². The van der Waals surface area contributed by atoms with E-state index in [1.165, 1.54) is 19.3 Å². The Labute approximate surface area is 178 Å². The summed E-state index contributed by atoms with van der Waals surface area (Å²) in [5.41, 5.74) is 3.42.